The highest BCUT2D eigenvalue weighted by atomic mass is 19.1. The van der Waals surface area contributed by atoms with Gasteiger partial charge < -0.3 is 21.4 Å². The van der Waals surface area contributed by atoms with Gasteiger partial charge in [0.1, 0.15) is 11.5 Å². The number of carbonyl (C=O) groups excluding carboxylic acids is 1. The van der Waals surface area contributed by atoms with Gasteiger partial charge in [0.25, 0.3) is 5.91 Å². The molecule has 2 aliphatic rings. The highest BCUT2D eigenvalue weighted by molar-refractivity contribution is 6.12. The van der Waals surface area contributed by atoms with Gasteiger partial charge in [-0.1, -0.05) is 6.42 Å². The number of fused-ring (bicyclic) bond motifs is 1. The van der Waals surface area contributed by atoms with Crippen LogP contribution < -0.4 is 16.4 Å². The molecule has 0 unspecified atom stereocenters. The van der Waals surface area contributed by atoms with Crippen molar-refractivity contribution in [3.63, 3.8) is 0 Å². The maximum atomic E-state index is 13.2. The average molecular weight is 422 g/mol. The quantitative estimate of drug-likeness (QED) is 0.471. The molecule has 0 atom stereocenters. The third-order valence-electron chi connectivity index (χ3n) is 6.69. The van der Waals surface area contributed by atoms with E-state index >= 15 is 0 Å². The van der Waals surface area contributed by atoms with Crippen LogP contribution in [-0.4, -0.2) is 28.0 Å². The van der Waals surface area contributed by atoms with E-state index in [2.05, 4.69) is 26.7 Å². The molecule has 2 heterocycles. The fourth-order valence-corrected chi connectivity index (χ4v) is 4.56. The predicted octanol–water partition coefficient (Wildman–Crippen LogP) is 4.90. The summed E-state index contributed by atoms with van der Waals surface area (Å²) in [7, 11) is 0. The van der Waals surface area contributed by atoms with E-state index in [1.807, 2.05) is 0 Å². The van der Waals surface area contributed by atoms with Gasteiger partial charge in [0.05, 0.1) is 11.3 Å². The van der Waals surface area contributed by atoms with Gasteiger partial charge in [-0.15, -0.1) is 0 Å². The number of nitrogens with zero attached hydrogens (tertiary/aromatic N) is 1. The van der Waals surface area contributed by atoms with Crippen molar-refractivity contribution in [1.29, 1.82) is 0 Å². The highest BCUT2D eigenvalue weighted by Crippen LogP contribution is 2.39. The summed E-state index contributed by atoms with van der Waals surface area (Å²) < 4.78 is 13.2. The molecule has 0 aliphatic heterocycles. The second-order valence-corrected chi connectivity index (χ2v) is 8.88. The molecule has 2 saturated carbocycles. The van der Waals surface area contributed by atoms with E-state index in [1.54, 1.807) is 18.3 Å². The monoisotopic (exact) mass is 421 g/mol. The Bertz CT molecular complexity index is 1080. The van der Waals surface area contributed by atoms with Crippen LogP contribution in [0.15, 0.2) is 36.5 Å². The molecule has 2 aliphatic carbocycles. The summed E-state index contributed by atoms with van der Waals surface area (Å²) >= 11 is 0. The topological polar surface area (TPSA) is 95.8 Å². The second kappa shape index (κ2) is 8.30. The lowest BCUT2D eigenvalue weighted by Gasteiger charge is -2.28. The van der Waals surface area contributed by atoms with E-state index in [4.69, 9.17) is 5.73 Å². The van der Waals surface area contributed by atoms with E-state index in [1.165, 1.54) is 37.1 Å². The Morgan fingerprint density at radius 2 is 1.84 bits per heavy atom. The standard InChI is InChI=1S/C24H28FN5O/c25-15-4-8-18(9-5-15)29-24(31)20-13-27-23-19(12-21(30-23)14-2-1-3-14)22(20)28-17-10-6-16(26)7-11-17/h4-5,8-9,12-14,16-17H,1-3,6-7,10-11,26H2,(H,29,31)(H2,27,28,30). The number of benzene rings is 1. The number of H-pyrrole nitrogens is 1. The van der Waals surface area contributed by atoms with Crippen LogP contribution in [-0.2, 0) is 0 Å². The van der Waals surface area contributed by atoms with Crippen molar-refractivity contribution < 1.29 is 9.18 Å². The van der Waals surface area contributed by atoms with Gasteiger partial charge in [-0.3, -0.25) is 4.79 Å². The number of nitrogens with one attached hydrogen (secondary N) is 3. The van der Waals surface area contributed by atoms with Crippen LogP contribution in [0.25, 0.3) is 11.0 Å². The molecule has 0 saturated heterocycles. The molecule has 2 fully saturated rings. The Balaban J connectivity index is 1.49. The first-order valence-corrected chi connectivity index (χ1v) is 11.2. The minimum absolute atomic E-state index is 0.259. The van der Waals surface area contributed by atoms with Gasteiger partial charge in [-0.05, 0) is 74.8 Å². The van der Waals surface area contributed by atoms with E-state index in [0.717, 1.165) is 42.4 Å². The summed E-state index contributed by atoms with van der Waals surface area (Å²) in [5, 5.41) is 7.46. The van der Waals surface area contributed by atoms with Gasteiger partial charge in [0.15, 0.2) is 0 Å². The van der Waals surface area contributed by atoms with Crippen molar-refractivity contribution in [1.82, 2.24) is 9.97 Å². The molecular formula is C24H28FN5O. The first-order valence-electron chi connectivity index (χ1n) is 11.2. The molecule has 0 bridgehead atoms. The van der Waals surface area contributed by atoms with Crippen LogP contribution in [0.2, 0.25) is 0 Å². The number of rotatable bonds is 5. The largest absolute Gasteiger partial charge is 0.381 e. The molecule has 162 valence electrons. The lowest BCUT2D eigenvalue weighted by molar-refractivity contribution is 0.102. The van der Waals surface area contributed by atoms with Crippen molar-refractivity contribution in [2.45, 2.75) is 62.9 Å². The first kappa shape index (κ1) is 20.0. The SMILES string of the molecule is NC1CCC(Nc2c(C(=O)Nc3ccc(F)cc3)cnc3[nH]c(C4CCC4)cc23)CC1. The van der Waals surface area contributed by atoms with Crippen molar-refractivity contribution >= 4 is 28.3 Å². The third kappa shape index (κ3) is 4.14. The molecule has 6 nitrogen and oxygen atoms in total. The number of nitrogens with two attached hydrogens (primary N) is 1. The van der Waals surface area contributed by atoms with Crippen LogP contribution in [0.3, 0.4) is 0 Å². The zero-order valence-corrected chi connectivity index (χ0v) is 17.5. The van der Waals surface area contributed by atoms with Gasteiger partial charge >= 0.3 is 0 Å². The number of hydrogen-bond acceptors (Lipinski definition) is 4. The lowest BCUT2D eigenvalue weighted by Crippen LogP contribution is -2.33. The Labute approximate surface area is 180 Å². The van der Waals surface area contributed by atoms with Crippen LogP contribution in [0.4, 0.5) is 15.8 Å². The minimum Gasteiger partial charge on any atom is -0.381 e. The molecule has 5 N–H and O–H groups in total. The predicted molar refractivity (Wildman–Crippen MR) is 121 cm³/mol. The van der Waals surface area contributed by atoms with Crippen LogP contribution in [0.1, 0.15) is 66.9 Å². The average Bonchev–Trinajstić information content (AvgIpc) is 3.14. The van der Waals surface area contributed by atoms with Crippen LogP contribution in [0, 0.1) is 5.82 Å². The number of aromatic nitrogens is 2. The Hall–Kier alpha value is -2.93. The first-order chi connectivity index (χ1) is 15.1. The molecular weight excluding hydrogens is 393 g/mol. The van der Waals surface area contributed by atoms with Gasteiger partial charge in [0, 0.05) is 35.0 Å². The van der Waals surface area contributed by atoms with Crippen molar-refractivity contribution in [2.75, 3.05) is 10.6 Å². The smallest absolute Gasteiger partial charge is 0.259 e. The molecule has 0 radical (unpaired) electrons. The Morgan fingerprint density at radius 3 is 2.52 bits per heavy atom. The van der Waals surface area contributed by atoms with Crippen LogP contribution in [0.5, 0.6) is 0 Å². The molecule has 5 rings (SSSR count). The van der Waals surface area contributed by atoms with E-state index in [9.17, 15) is 9.18 Å². The zero-order chi connectivity index (χ0) is 21.4. The molecule has 2 aromatic heterocycles. The summed E-state index contributed by atoms with van der Waals surface area (Å²) in [6.07, 6.45) is 9.16. The van der Waals surface area contributed by atoms with Crippen molar-refractivity contribution in [3.8, 4) is 0 Å². The fraction of sp³-hybridized carbons (Fsp3) is 0.417. The molecule has 7 heteroatoms. The number of carbonyl (C=O) groups is 1. The molecule has 0 spiro atoms. The third-order valence-corrected chi connectivity index (χ3v) is 6.69. The van der Waals surface area contributed by atoms with Gasteiger partial charge in [0.2, 0.25) is 0 Å². The number of hydrogen-bond donors (Lipinski definition) is 4. The van der Waals surface area contributed by atoms with E-state index in [0.29, 0.717) is 17.2 Å². The Kier molecular flexibility index (Phi) is 5.36. The number of amides is 1. The molecule has 3 aromatic rings. The lowest BCUT2D eigenvalue weighted by atomic mass is 9.83. The number of halogens is 1. The summed E-state index contributed by atoms with van der Waals surface area (Å²) in [5.74, 6) is -0.0524. The minimum atomic E-state index is -0.338. The summed E-state index contributed by atoms with van der Waals surface area (Å²) in [4.78, 5) is 21.2. The normalized spacial score (nSPS) is 21.6. The second-order valence-electron chi connectivity index (χ2n) is 8.88. The number of aromatic amines is 1. The maximum Gasteiger partial charge on any atom is 0.259 e. The Morgan fingerprint density at radius 1 is 1.10 bits per heavy atom. The van der Waals surface area contributed by atoms with E-state index in [-0.39, 0.29) is 23.8 Å². The molecule has 31 heavy (non-hydrogen) atoms. The van der Waals surface area contributed by atoms with Crippen molar-refractivity contribution in [2.24, 2.45) is 5.73 Å². The van der Waals surface area contributed by atoms with Gasteiger partial charge in [-0.25, -0.2) is 9.37 Å². The summed E-state index contributed by atoms with van der Waals surface area (Å²) in [5.41, 5.74) is 9.92. The van der Waals surface area contributed by atoms with Gasteiger partial charge in [-0.2, -0.15) is 0 Å². The maximum absolute atomic E-state index is 13.2. The summed E-state index contributed by atoms with van der Waals surface area (Å²) in [6.45, 7) is 0. The van der Waals surface area contributed by atoms with Crippen LogP contribution >= 0.6 is 0 Å². The number of anilines is 2. The van der Waals surface area contributed by atoms with Crippen molar-refractivity contribution in [3.05, 3.63) is 53.6 Å². The highest BCUT2D eigenvalue weighted by Gasteiger charge is 2.26. The molecule has 1 aromatic carbocycles. The summed E-state index contributed by atoms with van der Waals surface area (Å²) in [6, 6.07) is 8.45. The number of pyridine rings is 1. The van der Waals surface area contributed by atoms with E-state index < -0.39 is 0 Å². The fourth-order valence-electron chi connectivity index (χ4n) is 4.56. The zero-order valence-electron chi connectivity index (χ0n) is 17.5. The molecule has 1 amide bonds.